The Bertz CT molecular complexity index is 0. The minimum atomic E-state index is 0. The van der Waals surface area contributed by atoms with Crippen LogP contribution in [-0.2, 0) is 0 Å². The molecular weight excluding hydrogens is 135 g/mol. The molecule has 0 aromatic carbocycles. The van der Waals surface area contributed by atoms with E-state index in [-0.39, 0.29) is 86.8 Å². The van der Waals surface area contributed by atoms with Crippen molar-refractivity contribution in [3.63, 3.8) is 0 Å². The van der Waals surface area contributed by atoms with E-state index in [0.717, 1.165) is 0 Å². The van der Waals surface area contributed by atoms with Crippen LogP contribution in [-0.4, -0.2) is 86.8 Å². The predicted molar refractivity (Wildman–Crippen MR) is 28.8 cm³/mol. The van der Waals surface area contributed by atoms with Gasteiger partial charge in [-0.2, -0.15) is 0 Å². The molecule has 0 spiro atoms. The maximum atomic E-state index is 0. The first-order chi connectivity index (χ1) is 0. The number of hydrogen-bond donors (Lipinski definition) is 0. The summed E-state index contributed by atoms with van der Waals surface area (Å²) in [5.41, 5.74) is 0. The second kappa shape index (κ2) is 30.1. The maximum Gasteiger partial charge on any atom is 3.00 e. The molecule has 0 N–H and O–H groups in total. The zero-order valence-corrected chi connectivity index (χ0v) is 8.66. The molecule has 0 nitrogen and oxygen atoms in total. The zero-order valence-electron chi connectivity index (χ0n) is 2.89. The van der Waals surface area contributed by atoms with E-state index >= 15 is 0 Å². The van der Waals surface area contributed by atoms with Crippen molar-refractivity contribution in [2.24, 2.45) is 0 Å². The fraction of sp³-hybridized carbons (Fsp3) is 0. The number of rotatable bonds is 0. The molecule has 0 aliphatic rings. The molecule has 0 aromatic heterocycles. The van der Waals surface area contributed by atoms with Crippen molar-refractivity contribution in [1.29, 1.82) is 0 Å². The molecule has 9 valence electrons. The molecule has 9 radical (unpaired) electrons. The van der Waals surface area contributed by atoms with Crippen molar-refractivity contribution in [3.8, 4) is 0 Å². The van der Waals surface area contributed by atoms with Gasteiger partial charge < -0.3 is 0 Å². The van der Waals surface area contributed by atoms with E-state index in [1.165, 1.54) is 0 Å². The molecule has 0 atom stereocenters. The topological polar surface area (TPSA) is 0 Å². The van der Waals surface area contributed by atoms with Crippen LogP contribution in [0.3, 0.4) is 0 Å². The van der Waals surface area contributed by atoms with Crippen molar-refractivity contribution in [3.05, 3.63) is 0 Å². The van der Waals surface area contributed by atoms with E-state index in [4.69, 9.17) is 0 Å². The fourth-order valence-electron chi connectivity index (χ4n) is 0. The summed E-state index contributed by atoms with van der Waals surface area (Å²) >= 11 is 0. The van der Waals surface area contributed by atoms with Gasteiger partial charge in [0.2, 0.25) is 0 Å². The Balaban J connectivity index is 0. The summed E-state index contributed by atoms with van der Waals surface area (Å²) in [6.45, 7) is 0. The second-order valence-electron chi connectivity index (χ2n) is 0. The van der Waals surface area contributed by atoms with Gasteiger partial charge in [0.05, 0.1) is 0 Å². The molecule has 5 heavy (non-hydrogen) atoms. The van der Waals surface area contributed by atoms with E-state index in [1.807, 2.05) is 0 Å². The molecule has 0 aliphatic carbocycles. The van der Waals surface area contributed by atoms with Gasteiger partial charge in [-0.3, -0.25) is 0 Å². The van der Waals surface area contributed by atoms with E-state index in [2.05, 4.69) is 0 Å². The molecule has 0 heterocycles. The van der Waals surface area contributed by atoms with Crippen LogP contribution >= 0.6 is 0 Å². The Labute approximate surface area is 85.7 Å². The van der Waals surface area contributed by atoms with Gasteiger partial charge in [0.1, 0.15) is 0 Å². The van der Waals surface area contributed by atoms with Gasteiger partial charge in [0.25, 0.3) is 0 Å². The maximum absolute atomic E-state index is 0. The van der Waals surface area contributed by atoms with E-state index in [9.17, 15) is 0 Å². The quantitative estimate of drug-likeness (QED) is 0.340. The van der Waals surface area contributed by atoms with Crippen LogP contribution < -0.4 is 0 Å². The molecule has 0 amide bonds. The van der Waals surface area contributed by atoms with Crippen molar-refractivity contribution in [2.75, 3.05) is 0 Å². The summed E-state index contributed by atoms with van der Waals surface area (Å²) in [5.74, 6) is 0. The largest absolute Gasteiger partial charge is 3.00 e. The fourth-order valence-corrected chi connectivity index (χ4v) is 0. The van der Waals surface area contributed by atoms with Crippen molar-refractivity contribution in [1.82, 2.24) is 0 Å². The van der Waals surface area contributed by atoms with Gasteiger partial charge in [-0.1, -0.05) is 0 Å². The monoisotopic (exact) mass is 135 g/mol. The van der Waals surface area contributed by atoms with Gasteiger partial charge in [-0.05, 0) is 0 Å². The van der Waals surface area contributed by atoms with Gasteiger partial charge in [-0.25, -0.2) is 0 Å². The molecule has 0 saturated carbocycles. The second-order valence-corrected chi connectivity index (χ2v) is 0. The van der Waals surface area contributed by atoms with Crippen LogP contribution in [0.2, 0.25) is 0 Å². The third-order valence-electron chi connectivity index (χ3n) is 0. The van der Waals surface area contributed by atoms with Gasteiger partial charge >= 0.3 is 34.7 Å². The minimum absolute atomic E-state index is 0. The Morgan fingerprint density at radius 3 is 0.400 bits per heavy atom. The molecule has 0 aromatic rings. The van der Waals surface area contributed by atoms with Crippen LogP contribution in [0, 0.1) is 0 Å². The van der Waals surface area contributed by atoms with E-state index in [1.54, 1.807) is 0 Å². The average Bonchev–Trinajstić information content (AvgIpc) is 0. The third-order valence-corrected chi connectivity index (χ3v) is 0. The Morgan fingerprint density at radius 2 is 0.400 bits per heavy atom. The summed E-state index contributed by atoms with van der Waals surface area (Å²) in [5, 5.41) is 0. The van der Waals surface area contributed by atoms with Gasteiger partial charge in [-0.15, -0.1) is 0 Å². The van der Waals surface area contributed by atoms with E-state index < -0.39 is 0 Å². The first-order valence-electron chi connectivity index (χ1n) is 0. The van der Waals surface area contributed by atoms with Crippen molar-refractivity contribution in [2.45, 2.75) is 0 Å². The summed E-state index contributed by atoms with van der Waals surface area (Å²) in [7, 11) is 0. The van der Waals surface area contributed by atoms with Crippen LogP contribution in [0.4, 0.5) is 0 Å². The molecule has 5 heteroatoms. The normalized spacial score (nSPS) is 0. The van der Waals surface area contributed by atoms with Gasteiger partial charge in [0, 0.05) is 52.1 Å². The summed E-state index contributed by atoms with van der Waals surface area (Å²) in [6, 6.07) is 0. The predicted octanol–water partition coefficient (Wildman–Crippen LogP) is -1.90. The van der Waals surface area contributed by atoms with E-state index in [0.29, 0.717) is 0 Å². The van der Waals surface area contributed by atoms with Crippen molar-refractivity contribution < 1.29 is 0 Å². The molecule has 0 rings (SSSR count). The summed E-state index contributed by atoms with van der Waals surface area (Å²) in [6.07, 6.45) is 0. The van der Waals surface area contributed by atoms with Crippen LogP contribution in [0.1, 0.15) is 0 Å². The standard InChI is InChI=1S/5Al/q;;;2*+3. The Morgan fingerprint density at radius 1 is 0.400 bits per heavy atom. The molecule has 0 unspecified atom stereocenters. The average molecular weight is 135 g/mol. The van der Waals surface area contributed by atoms with Crippen LogP contribution in [0.15, 0.2) is 0 Å². The minimum Gasteiger partial charge on any atom is 0 e. The summed E-state index contributed by atoms with van der Waals surface area (Å²) < 4.78 is 0. The van der Waals surface area contributed by atoms with Gasteiger partial charge in [0.15, 0.2) is 0 Å². The molecule has 0 fully saturated rings. The first kappa shape index (κ1) is 48.0. The third kappa shape index (κ3) is 20.4. The van der Waals surface area contributed by atoms with Crippen LogP contribution in [0.25, 0.3) is 0 Å². The first-order valence-corrected chi connectivity index (χ1v) is 0. The van der Waals surface area contributed by atoms with Crippen LogP contribution in [0.5, 0.6) is 0 Å². The Hall–Kier alpha value is 2.66. The Kier molecular flexibility index (Phi) is 289. The molecule has 0 aliphatic heterocycles. The molecular formula is Al5+6. The summed E-state index contributed by atoms with van der Waals surface area (Å²) in [4.78, 5) is 0. The zero-order chi connectivity index (χ0) is 0. The van der Waals surface area contributed by atoms with Crippen molar-refractivity contribution >= 4 is 86.8 Å². The SMILES string of the molecule is [Al+3].[Al+3].[Al].[Al].[Al]. The molecule has 0 bridgehead atoms. The number of hydrogen-bond acceptors (Lipinski definition) is 0. The molecule has 0 saturated heterocycles. The smallest absolute Gasteiger partial charge is 0 e.